The van der Waals surface area contributed by atoms with Crippen LogP contribution in [0.25, 0.3) is 10.6 Å². The van der Waals surface area contributed by atoms with Crippen LogP contribution in [0, 0.1) is 12.3 Å². The van der Waals surface area contributed by atoms with Crippen LogP contribution in [0.3, 0.4) is 0 Å². The van der Waals surface area contributed by atoms with Crippen molar-refractivity contribution in [1.82, 2.24) is 14.5 Å². The number of thiophene rings is 1. The highest BCUT2D eigenvalue weighted by Crippen LogP contribution is 2.46. The first-order chi connectivity index (χ1) is 13.5. The van der Waals surface area contributed by atoms with Crippen LogP contribution in [0.4, 0.5) is 13.2 Å². The largest absolute Gasteiger partial charge is 0.432 e. The van der Waals surface area contributed by atoms with Crippen molar-refractivity contribution in [3.8, 4) is 10.6 Å². The van der Waals surface area contributed by atoms with E-state index in [1.54, 1.807) is 6.92 Å². The quantitative estimate of drug-likeness (QED) is 0.747. The summed E-state index contributed by atoms with van der Waals surface area (Å²) in [6.45, 7) is 2.30. The molecule has 1 saturated heterocycles. The number of rotatable bonds is 3. The van der Waals surface area contributed by atoms with Gasteiger partial charge in [0.1, 0.15) is 11.4 Å². The fourth-order valence-electron chi connectivity index (χ4n) is 4.50. The van der Waals surface area contributed by atoms with Gasteiger partial charge in [-0.15, -0.1) is 11.3 Å². The second-order valence-corrected chi connectivity index (χ2v) is 11.1. The van der Waals surface area contributed by atoms with Crippen LogP contribution in [0.1, 0.15) is 42.7 Å². The lowest BCUT2D eigenvalue weighted by Gasteiger charge is -2.41. The molecule has 2 fully saturated rings. The average Bonchev–Trinajstić information content (AvgIpc) is 3.35. The molecule has 160 valence electrons. The predicted octanol–water partition coefficient (Wildman–Crippen LogP) is 3.78. The maximum Gasteiger partial charge on any atom is 0.432 e. The van der Waals surface area contributed by atoms with E-state index in [-0.39, 0.29) is 22.5 Å². The van der Waals surface area contributed by atoms with Crippen molar-refractivity contribution in [2.45, 2.75) is 56.2 Å². The van der Waals surface area contributed by atoms with Gasteiger partial charge >= 0.3 is 6.18 Å². The van der Waals surface area contributed by atoms with Crippen molar-refractivity contribution >= 4 is 21.4 Å². The molecule has 2 atom stereocenters. The molecular weight excluding hydrogens is 427 g/mol. The highest BCUT2D eigenvalue weighted by molar-refractivity contribution is 7.89. The molecule has 1 saturated carbocycles. The lowest BCUT2D eigenvalue weighted by Crippen LogP contribution is -2.49. The van der Waals surface area contributed by atoms with Crippen LogP contribution >= 0.6 is 11.3 Å². The van der Waals surface area contributed by atoms with Crippen LogP contribution in [-0.4, -0.2) is 47.2 Å². The van der Waals surface area contributed by atoms with E-state index < -0.39 is 28.0 Å². The van der Waals surface area contributed by atoms with E-state index in [1.165, 1.54) is 10.4 Å². The molecule has 0 bridgehead atoms. The van der Waals surface area contributed by atoms with Crippen LogP contribution in [0.5, 0.6) is 0 Å². The van der Waals surface area contributed by atoms with Crippen molar-refractivity contribution in [3.05, 3.63) is 22.7 Å². The van der Waals surface area contributed by atoms with E-state index in [9.17, 15) is 26.7 Å². The van der Waals surface area contributed by atoms with E-state index in [2.05, 4.69) is 5.10 Å². The highest BCUT2D eigenvalue weighted by Gasteiger charge is 2.47. The number of hydrogen-bond donors (Lipinski definition) is 2. The number of aromatic nitrogens is 2. The number of hydrogen-bond acceptors (Lipinski definition) is 5. The minimum absolute atomic E-state index is 0.0632. The number of H-pyrrole nitrogens is 1. The Balaban J connectivity index is 1.63. The van der Waals surface area contributed by atoms with Gasteiger partial charge in [-0.3, -0.25) is 5.10 Å². The summed E-state index contributed by atoms with van der Waals surface area (Å²) in [7, 11) is -3.82. The molecule has 0 amide bonds. The lowest BCUT2D eigenvalue weighted by molar-refractivity contribution is -0.141. The van der Waals surface area contributed by atoms with E-state index >= 15 is 0 Å². The third kappa shape index (κ3) is 3.62. The minimum atomic E-state index is -4.54. The van der Waals surface area contributed by atoms with Gasteiger partial charge in [0.25, 0.3) is 0 Å². The minimum Gasteiger partial charge on any atom is -0.392 e. The predicted molar refractivity (Wildman–Crippen MR) is 102 cm³/mol. The van der Waals surface area contributed by atoms with Crippen LogP contribution in [0.15, 0.2) is 17.0 Å². The Morgan fingerprint density at radius 3 is 2.66 bits per heavy atom. The van der Waals surface area contributed by atoms with Crippen LogP contribution in [-0.2, 0) is 16.2 Å². The van der Waals surface area contributed by atoms with Crippen molar-refractivity contribution in [1.29, 1.82) is 0 Å². The van der Waals surface area contributed by atoms with Gasteiger partial charge in [0.15, 0.2) is 0 Å². The fraction of sp³-hybridized carbons (Fsp3) is 0.611. The number of nitrogens with zero attached hydrogens (tertiary/aromatic N) is 2. The summed E-state index contributed by atoms with van der Waals surface area (Å²) in [6.07, 6.45) is -1.17. The van der Waals surface area contributed by atoms with E-state index in [0.29, 0.717) is 29.1 Å². The number of halogens is 3. The number of aliphatic hydroxyl groups is 1. The van der Waals surface area contributed by atoms with Gasteiger partial charge in [-0.2, -0.15) is 22.6 Å². The monoisotopic (exact) mass is 449 g/mol. The number of piperidine rings is 1. The number of nitrogens with one attached hydrogen (secondary N) is 1. The normalized spacial score (nSPS) is 26.4. The fourth-order valence-corrected chi connectivity index (χ4v) is 7.59. The Morgan fingerprint density at radius 1 is 1.31 bits per heavy atom. The SMILES string of the molecule is Cc1sc(-c2cc(C(F)(F)F)[nH]n2)cc1S(=O)(=O)N1CCC[C@]2(CCC[C@H]2O)C1. The molecule has 3 heterocycles. The second kappa shape index (κ2) is 7.07. The number of aliphatic hydroxyl groups excluding tert-OH is 1. The first-order valence-corrected chi connectivity index (χ1v) is 11.7. The number of aromatic amines is 1. The Hall–Kier alpha value is -1.43. The summed E-state index contributed by atoms with van der Waals surface area (Å²) < 4.78 is 66.5. The molecule has 2 N–H and O–H groups in total. The van der Waals surface area contributed by atoms with Crippen LogP contribution in [0.2, 0.25) is 0 Å². The summed E-state index contributed by atoms with van der Waals surface area (Å²) in [6, 6.07) is 2.28. The first kappa shape index (κ1) is 20.8. The second-order valence-electron chi connectivity index (χ2n) is 7.91. The maximum absolute atomic E-state index is 13.3. The molecular formula is C18H22F3N3O3S2. The van der Waals surface area contributed by atoms with Gasteiger partial charge < -0.3 is 5.11 Å². The summed E-state index contributed by atoms with van der Waals surface area (Å²) in [4.78, 5) is 0.960. The van der Waals surface area contributed by atoms with Gasteiger partial charge in [0.2, 0.25) is 10.0 Å². The maximum atomic E-state index is 13.3. The molecule has 1 spiro atoms. The van der Waals surface area contributed by atoms with Crippen molar-refractivity contribution < 1.29 is 26.7 Å². The molecule has 4 rings (SSSR count). The van der Waals surface area contributed by atoms with Crippen molar-refractivity contribution in [2.24, 2.45) is 5.41 Å². The van der Waals surface area contributed by atoms with E-state index in [0.717, 1.165) is 36.7 Å². The van der Waals surface area contributed by atoms with Crippen molar-refractivity contribution in [2.75, 3.05) is 13.1 Å². The Bertz CT molecular complexity index is 1020. The zero-order chi connectivity index (χ0) is 21.0. The molecule has 0 aromatic carbocycles. The van der Waals surface area contributed by atoms with Gasteiger partial charge in [0, 0.05) is 23.4 Å². The number of alkyl halides is 3. The van der Waals surface area contributed by atoms with E-state index in [4.69, 9.17) is 0 Å². The molecule has 6 nitrogen and oxygen atoms in total. The lowest BCUT2D eigenvalue weighted by atomic mass is 9.77. The van der Waals surface area contributed by atoms with Crippen molar-refractivity contribution in [3.63, 3.8) is 0 Å². The molecule has 2 aromatic rings. The molecule has 11 heteroatoms. The van der Waals surface area contributed by atoms with Crippen LogP contribution < -0.4 is 0 Å². The molecule has 2 aliphatic rings. The smallest absolute Gasteiger partial charge is 0.392 e. The standard InChI is InChI=1S/C18H22F3N3O3S2/c1-11-14(9-13(28-11)12-8-15(23-22-12)18(19,20)21)29(26,27)24-7-3-6-17(10-24)5-2-4-16(17)25/h8-9,16,25H,2-7,10H2,1H3,(H,22,23)/t16-,17-/m1/s1. The Labute approximate surface area is 170 Å². The third-order valence-electron chi connectivity index (χ3n) is 6.06. The summed E-state index contributed by atoms with van der Waals surface area (Å²) >= 11 is 1.10. The third-order valence-corrected chi connectivity index (χ3v) is 9.23. The van der Waals surface area contributed by atoms with Gasteiger partial charge in [-0.25, -0.2) is 8.42 Å². The topological polar surface area (TPSA) is 86.3 Å². The highest BCUT2D eigenvalue weighted by atomic mass is 32.2. The molecule has 1 aliphatic heterocycles. The summed E-state index contributed by atoms with van der Waals surface area (Å²) in [5.41, 5.74) is -1.30. The Kier molecular flexibility index (Phi) is 5.08. The summed E-state index contributed by atoms with van der Waals surface area (Å²) in [5.74, 6) is 0. The molecule has 0 unspecified atom stereocenters. The number of aryl methyl sites for hydroxylation is 1. The van der Waals surface area contributed by atoms with Gasteiger partial charge in [-0.05, 0) is 44.7 Å². The van der Waals surface area contributed by atoms with Gasteiger partial charge in [-0.1, -0.05) is 6.42 Å². The molecule has 1 aliphatic carbocycles. The first-order valence-electron chi connectivity index (χ1n) is 9.45. The molecule has 0 radical (unpaired) electrons. The van der Waals surface area contributed by atoms with E-state index in [1.807, 2.05) is 5.10 Å². The molecule has 29 heavy (non-hydrogen) atoms. The summed E-state index contributed by atoms with van der Waals surface area (Å²) in [5, 5.41) is 16.1. The molecule has 2 aromatic heterocycles. The zero-order valence-electron chi connectivity index (χ0n) is 15.8. The zero-order valence-corrected chi connectivity index (χ0v) is 17.4. The Morgan fingerprint density at radius 2 is 2.03 bits per heavy atom. The number of sulfonamides is 1. The van der Waals surface area contributed by atoms with Gasteiger partial charge in [0.05, 0.1) is 15.9 Å². The average molecular weight is 450 g/mol.